The van der Waals surface area contributed by atoms with Gasteiger partial charge in [-0.15, -0.1) is 0 Å². The fourth-order valence-electron chi connectivity index (χ4n) is 1.47. The molecule has 4 nitrogen and oxygen atoms in total. The zero-order chi connectivity index (χ0) is 12.4. The summed E-state index contributed by atoms with van der Waals surface area (Å²) in [4.78, 5) is 16.1. The summed E-state index contributed by atoms with van der Waals surface area (Å²) in [6.07, 6.45) is 3.07. The van der Waals surface area contributed by atoms with E-state index in [4.69, 9.17) is 11.6 Å². The number of carbonyl (C=O) groups is 1. The number of nitrogens with zero attached hydrogens (tertiary/aromatic N) is 3. The molecule has 0 aliphatic heterocycles. The van der Waals surface area contributed by atoms with Crippen molar-refractivity contribution in [3.63, 3.8) is 0 Å². The van der Waals surface area contributed by atoms with Gasteiger partial charge >= 0.3 is 0 Å². The topological polar surface area (TPSA) is 47.8 Å². The molecule has 6 heteroatoms. The van der Waals surface area contributed by atoms with E-state index in [0.29, 0.717) is 27.4 Å². The lowest BCUT2D eigenvalue weighted by Crippen LogP contribution is -2.11. The Morgan fingerprint density at radius 1 is 1.47 bits per heavy atom. The van der Waals surface area contributed by atoms with Gasteiger partial charge in [-0.25, -0.2) is 4.98 Å². The predicted octanol–water partition coefficient (Wildman–Crippen LogP) is 2.94. The molecule has 0 aromatic carbocycles. The minimum atomic E-state index is -0.125. The van der Waals surface area contributed by atoms with Crippen LogP contribution in [-0.4, -0.2) is 20.5 Å². The number of aromatic nitrogens is 3. The molecule has 2 heterocycles. The molecule has 0 unspecified atom stereocenters. The highest BCUT2D eigenvalue weighted by Crippen LogP contribution is 2.20. The maximum atomic E-state index is 12.2. The van der Waals surface area contributed by atoms with Crippen LogP contribution in [0.25, 0.3) is 0 Å². The van der Waals surface area contributed by atoms with Gasteiger partial charge in [0.05, 0.1) is 10.7 Å². The lowest BCUT2D eigenvalue weighted by atomic mass is 10.1. The lowest BCUT2D eigenvalue weighted by Gasteiger charge is -2.04. The van der Waals surface area contributed by atoms with E-state index in [1.54, 1.807) is 23.0 Å². The number of hydrogen-bond donors (Lipinski definition) is 0. The van der Waals surface area contributed by atoms with Gasteiger partial charge in [-0.05, 0) is 35.0 Å². The van der Waals surface area contributed by atoms with Crippen LogP contribution in [0.2, 0.25) is 5.15 Å². The molecule has 0 fully saturated rings. The fourth-order valence-corrected chi connectivity index (χ4v) is 2.06. The maximum Gasteiger partial charge on any atom is 0.213 e. The van der Waals surface area contributed by atoms with Crippen molar-refractivity contribution in [2.45, 2.75) is 13.5 Å². The van der Waals surface area contributed by atoms with Crippen LogP contribution in [0.1, 0.15) is 23.0 Å². The molecule has 17 heavy (non-hydrogen) atoms. The third-order valence-electron chi connectivity index (χ3n) is 2.30. The van der Waals surface area contributed by atoms with Crippen LogP contribution >= 0.6 is 27.5 Å². The molecule has 2 rings (SSSR count). The van der Waals surface area contributed by atoms with Gasteiger partial charge in [-0.1, -0.05) is 11.6 Å². The molecule has 0 spiro atoms. The second kappa shape index (κ2) is 4.98. The number of aryl methyl sites for hydroxylation is 1. The highest BCUT2D eigenvalue weighted by Gasteiger charge is 2.18. The van der Waals surface area contributed by atoms with Gasteiger partial charge in [0.1, 0.15) is 10.8 Å². The first-order chi connectivity index (χ1) is 8.13. The molecule has 0 saturated heterocycles. The summed E-state index contributed by atoms with van der Waals surface area (Å²) in [5.74, 6) is -0.125. The highest BCUT2D eigenvalue weighted by atomic mass is 79.9. The molecule has 0 aliphatic carbocycles. The molecule has 0 N–H and O–H groups in total. The van der Waals surface area contributed by atoms with Crippen LogP contribution in [0.5, 0.6) is 0 Å². The molecule has 0 atom stereocenters. The molecule has 0 saturated carbocycles. The monoisotopic (exact) mass is 313 g/mol. The summed E-state index contributed by atoms with van der Waals surface area (Å²) in [7, 11) is 0. The van der Waals surface area contributed by atoms with E-state index < -0.39 is 0 Å². The van der Waals surface area contributed by atoms with Crippen molar-refractivity contribution in [3.8, 4) is 0 Å². The number of halogens is 2. The van der Waals surface area contributed by atoms with Crippen molar-refractivity contribution >= 4 is 33.3 Å². The minimum absolute atomic E-state index is 0.125. The molecule has 0 aliphatic rings. The number of carbonyl (C=O) groups excluding carboxylic acids is 1. The van der Waals surface area contributed by atoms with Gasteiger partial charge in [-0.3, -0.25) is 9.48 Å². The molecule has 0 radical (unpaired) electrons. The molecule has 2 aromatic rings. The van der Waals surface area contributed by atoms with E-state index in [-0.39, 0.29) is 5.78 Å². The first-order valence-electron chi connectivity index (χ1n) is 5.01. The largest absolute Gasteiger partial charge is 0.287 e. The first kappa shape index (κ1) is 12.3. The Kier molecular flexibility index (Phi) is 3.59. The third kappa shape index (κ3) is 2.40. The Labute approximate surface area is 112 Å². The number of rotatable bonds is 3. The second-order valence-corrected chi connectivity index (χ2v) is 4.60. The molecule has 88 valence electrons. The van der Waals surface area contributed by atoms with E-state index in [1.165, 1.54) is 6.20 Å². The molecule has 0 bridgehead atoms. The van der Waals surface area contributed by atoms with Gasteiger partial charge in [0, 0.05) is 18.3 Å². The Bertz CT molecular complexity index is 550. The second-order valence-electron chi connectivity index (χ2n) is 3.36. The Hall–Kier alpha value is -1.20. The summed E-state index contributed by atoms with van der Waals surface area (Å²) in [5.41, 5.74) is 1.02. The highest BCUT2D eigenvalue weighted by molar-refractivity contribution is 9.10. The summed E-state index contributed by atoms with van der Waals surface area (Å²) in [5, 5.41) is 4.47. The van der Waals surface area contributed by atoms with E-state index in [2.05, 4.69) is 26.0 Å². The molecule has 0 amide bonds. The molecular formula is C11H9BrClN3O. The molecular weight excluding hydrogens is 305 g/mol. The number of pyridine rings is 1. The van der Waals surface area contributed by atoms with Crippen molar-refractivity contribution in [2.24, 2.45) is 0 Å². The Balaban J connectivity index is 2.43. The van der Waals surface area contributed by atoms with Gasteiger partial charge in [0.15, 0.2) is 0 Å². The van der Waals surface area contributed by atoms with Crippen molar-refractivity contribution in [1.29, 1.82) is 0 Å². The Morgan fingerprint density at radius 3 is 2.82 bits per heavy atom. The van der Waals surface area contributed by atoms with Crippen LogP contribution < -0.4 is 0 Å². The van der Waals surface area contributed by atoms with Crippen molar-refractivity contribution in [3.05, 3.63) is 45.4 Å². The lowest BCUT2D eigenvalue weighted by molar-refractivity contribution is 0.102. The van der Waals surface area contributed by atoms with E-state index in [0.717, 1.165) is 0 Å². The van der Waals surface area contributed by atoms with Crippen molar-refractivity contribution in [2.75, 3.05) is 0 Å². The van der Waals surface area contributed by atoms with Crippen LogP contribution in [0.4, 0.5) is 0 Å². The third-order valence-corrected chi connectivity index (χ3v) is 3.10. The number of ketones is 1. The van der Waals surface area contributed by atoms with Gasteiger partial charge in [0.25, 0.3) is 0 Å². The van der Waals surface area contributed by atoms with Crippen molar-refractivity contribution < 1.29 is 4.79 Å². The average molecular weight is 315 g/mol. The van der Waals surface area contributed by atoms with Crippen LogP contribution in [0.15, 0.2) is 29.0 Å². The zero-order valence-electron chi connectivity index (χ0n) is 9.02. The van der Waals surface area contributed by atoms with Crippen LogP contribution in [0, 0.1) is 0 Å². The quantitative estimate of drug-likeness (QED) is 0.646. The Morgan fingerprint density at radius 2 is 2.24 bits per heavy atom. The fraction of sp³-hybridized carbons (Fsp3) is 0.182. The summed E-state index contributed by atoms with van der Waals surface area (Å²) in [6, 6.07) is 3.24. The summed E-state index contributed by atoms with van der Waals surface area (Å²) in [6.45, 7) is 2.56. The van der Waals surface area contributed by atoms with Crippen LogP contribution in [0.3, 0.4) is 0 Å². The van der Waals surface area contributed by atoms with E-state index in [9.17, 15) is 4.79 Å². The predicted molar refractivity (Wildman–Crippen MR) is 68.3 cm³/mol. The normalized spacial score (nSPS) is 10.5. The molecule has 2 aromatic heterocycles. The van der Waals surface area contributed by atoms with Gasteiger partial charge in [0.2, 0.25) is 5.78 Å². The maximum absolute atomic E-state index is 12.2. The van der Waals surface area contributed by atoms with Crippen LogP contribution in [-0.2, 0) is 6.54 Å². The average Bonchev–Trinajstić information content (AvgIpc) is 2.70. The summed E-state index contributed by atoms with van der Waals surface area (Å²) < 4.78 is 2.32. The standard InChI is InChI=1S/C11H9BrClN3O/c1-2-16-10(8(12)6-15-16)11(17)7-3-4-9(13)14-5-7/h3-6H,2H2,1H3. The van der Waals surface area contributed by atoms with E-state index in [1.807, 2.05) is 6.92 Å². The summed E-state index contributed by atoms with van der Waals surface area (Å²) >= 11 is 9.00. The van der Waals surface area contributed by atoms with Gasteiger partial charge < -0.3 is 0 Å². The zero-order valence-corrected chi connectivity index (χ0v) is 11.4. The van der Waals surface area contributed by atoms with Gasteiger partial charge in [-0.2, -0.15) is 5.10 Å². The SMILES string of the molecule is CCn1ncc(Br)c1C(=O)c1ccc(Cl)nc1. The number of hydrogen-bond acceptors (Lipinski definition) is 3. The van der Waals surface area contributed by atoms with Crippen molar-refractivity contribution in [1.82, 2.24) is 14.8 Å². The minimum Gasteiger partial charge on any atom is -0.287 e. The first-order valence-corrected chi connectivity index (χ1v) is 6.18. The smallest absolute Gasteiger partial charge is 0.213 e. The van der Waals surface area contributed by atoms with E-state index >= 15 is 0 Å².